The van der Waals surface area contributed by atoms with E-state index in [2.05, 4.69) is 10.4 Å². The first kappa shape index (κ1) is 20.2. The Hall–Kier alpha value is -2.52. The van der Waals surface area contributed by atoms with Crippen LogP contribution in [-0.2, 0) is 17.1 Å². The van der Waals surface area contributed by atoms with Crippen LogP contribution in [0.5, 0.6) is 0 Å². The van der Waals surface area contributed by atoms with Crippen LogP contribution < -0.4 is 10.9 Å². The molecule has 0 saturated carbocycles. The van der Waals surface area contributed by atoms with Gasteiger partial charge in [0.15, 0.2) is 0 Å². The maximum absolute atomic E-state index is 13.1. The van der Waals surface area contributed by atoms with Crippen LogP contribution in [-0.4, -0.2) is 41.5 Å². The lowest BCUT2D eigenvalue weighted by molar-refractivity contribution is 0.102. The summed E-state index contributed by atoms with van der Waals surface area (Å²) in [6, 6.07) is 7.40. The highest BCUT2D eigenvalue weighted by atomic mass is 32.2. The second-order valence-corrected chi connectivity index (χ2v) is 8.84. The van der Waals surface area contributed by atoms with Gasteiger partial charge in [-0.1, -0.05) is 18.9 Å². The average molecular weight is 404 g/mol. The molecule has 0 aliphatic carbocycles. The van der Waals surface area contributed by atoms with Crippen molar-refractivity contribution >= 4 is 21.6 Å². The Kier molecular flexibility index (Phi) is 5.95. The van der Waals surface area contributed by atoms with Gasteiger partial charge in [-0.3, -0.25) is 9.59 Å². The molecule has 0 bridgehead atoms. The molecule has 2 aromatic rings. The average Bonchev–Trinajstić information content (AvgIpc) is 2.95. The molecular weight excluding hydrogens is 380 g/mol. The van der Waals surface area contributed by atoms with Crippen LogP contribution in [0.25, 0.3) is 0 Å². The number of carbonyl (C=O) groups is 1. The molecule has 1 fully saturated rings. The minimum absolute atomic E-state index is 0.0691. The van der Waals surface area contributed by atoms with Crippen molar-refractivity contribution in [2.75, 3.05) is 18.4 Å². The maximum Gasteiger partial charge on any atom is 0.276 e. The van der Waals surface area contributed by atoms with Gasteiger partial charge in [0.1, 0.15) is 5.69 Å². The highest BCUT2D eigenvalue weighted by molar-refractivity contribution is 7.89. The van der Waals surface area contributed by atoms with E-state index in [1.54, 1.807) is 19.1 Å². The summed E-state index contributed by atoms with van der Waals surface area (Å²) in [6.45, 7) is 2.77. The second kappa shape index (κ2) is 8.24. The predicted molar refractivity (Wildman–Crippen MR) is 106 cm³/mol. The molecule has 9 heteroatoms. The first-order valence-electron chi connectivity index (χ1n) is 9.25. The molecule has 1 N–H and O–H groups in total. The van der Waals surface area contributed by atoms with Gasteiger partial charge in [0.05, 0.1) is 4.90 Å². The molecule has 0 atom stereocenters. The molecule has 150 valence electrons. The molecule has 2 heterocycles. The van der Waals surface area contributed by atoms with E-state index in [9.17, 15) is 18.0 Å². The number of aromatic nitrogens is 2. The quantitative estimate of drug-likeness (QED) is 0.839. The van der Waals surface area contributed by atoms with E-state index in [-0.39, 0.29) is 16.1 Å². The SMILES string of the molecule is Cc1ccc(NC(=O)c2ccc(=O)n(C)n2)cc1S(=O)(=O)N1CCCCCC1. The number of hydrogen-bond donors (Lipinski definition) is 1. The Labute approximate surface area is 164 Å². The van der Waals surface area contributed by atoms with Crippen molar-refractivity contribution in [1.82, 2.24) is 14.1 Å². The van der Waals surface area contributed by atoms with Crippen molar-refractivity contribution < 1.29 is 13.2 Å². The van der Waals surface area contributed by atoms with E-state index in [1.807, 2.05) is 0 Å². The minimum atomic E-state index is -3.63. The standard InChI is InChI=1S/C19H24N4O4S/c1-14-7-8-15(20-19(25)16-9-10-18(24)22(2)21-16)13-17(14)28(26,27)23-11-5-3-4-6-12-23/h7-10,13H,3-6,11-12H2,1-2H3,(H,20,25). The van der Waals surface area contributed by atoms with Crippen molar-refractivity contribution in [2.45, 2.75) is 37.5 Å². The first-order valence-corrected chi connectivity index (χ1v) is 10.7. The zero-order valence-electron chi connectivity index (χ0n) is 16.0. The minimum Gasteiger partial charge on any atom is -0.321 e. The van der Waals surface area contributed by atoms with E-state index in [0.717, 1.165) is 30.4 Å². The lowest BCUT2D eigenvalue weighted by Gasteiger charge is -2.21. The largest absolute Gasteiger partial charge is 0.321 e. The van der Waals surface area contributed by atoms with E-state index in [4.69, 9.17) is 0 Å². The summed E-state index contributed by atoms with van der Waals surface area (Å²) in [5.41, 5.74) is 0.736. The Morgan fingerprint density at radius 1 is 1.07 bits per heavy atom. The summed E-state index contributed by atoms with van der Waals surface area (Å²) in [4.78, 5) is 24.0. The number of amides is 1. The third kappa shape index (κ3) is 4.31. The van der Waals surface area contributed by atoms with Gasteiger partial charge in [0, 0.05) is 31.9 Å². The topological polar surface area (TPSA) is 101 Å². The normalized spacial score (nSPS) is 15.8. The fourth-order valence-electron chi connectivity index (χ4n) is 3.20. The van der Waals surface area contributed by atoms with Gasteiger partial charge in [0.2, 0.25) is 10.0 Å². The van der Waals surface area contributed by atoms with Crippen LogP contribution in [0.2, 0.25) is 0 Å². The number of carbonyl (C=O) groups excluding carboxylic acids is 1. The van der Waals surface area contributed by atoms with Crippen LogP contribution in [0.3, 0.4) is 0 Å². The molecule has 8 nitrogen and oxygen atoms in total. The molecule has 1 aromatic heterocycles. The molecule has 1 aromatic carbocycles. The van der Waals surface area contributed by atoms with Gasteiger partial charge >= 0.3 is 0 Å². The van der Waals surface area contributed by atoms with E-state index in [1.165, 1.54) is 29.6 Å². The summed E-state index contributed by atoms with van der Waals surface area (Å²) in [7, 11) is -2.18. The third-order valence-electron chi connectivity index (χ3n) is 4.82. The Bertz CT molecular complexity index is 1040. The Morgan fingerprint density at radius 3 is 2.39 bits per heavy atom. The molecule has 28 heavy (non-hydrogen) atoms. The number of nitrogens with one attached hydrogen (secondary N) is 1. The lowest BCUT2D eigenvalue weighted by atomic mass is 10.2. The molecule has 3 rings (SSSR count). The van der Waals surface area contributed by atoms with Crippen molar-refractivity contribution in [1.29, 1.82) is 0 Å². The summed E-state index contributed by atoms with van der Waals surface area (Å²) >= 11 is 0. The van der Waals surface area contributed by atoms with Gasteiger partial charge in [-0.15, -0.1) is 0 Å². The first-order chi connectivity index (χ1) is 13.3. The molecule has 0 spiro atoms. The molecule has 1 aliphatic heterocycles. The van der Waals surface area contributed by atoms with Crippen molar-refractivity contribution in [2.24, 2.45) is 7.05 Å². The zero-order valence-corrected chi connectivity index (χ0v) is 16.8. The second-order valence-electron chi connectivity index (χ2n) is 6.93. The summed E-state index contributed by atoms with van der Waals surface area (Å²) < 4.78 is 28.8. The number of nitrogens with zero attached hydrogens (tertiary/aromatic N) is 3. The van der Waals surface area contributed by atoms with E-state index >= 15 is 0 Å². The fraction of sp³-hybridized carbons (Fsp3) is 0.421. The maximum atomic E-state index is 13.1. The number of aryl methyl sites for hydroxylation is 2. The van der Waals surface area contributed by atoms with Crippen molar-refractivity contribution in [3.63, 3.8) is 0 Å². The van der Waals surface area contributed by atoms with Crippen molar-refractivity contribution in [3.05, 3.63) is 51.9 Å². The molecule has 0 radical (unpaired) electrons. The van der Waals surface area contributed by atoms with Gasteiger partial charge in [0.25, 0.3) is 11.5 Å². The van der Waals surface area contributed by atoms with Crippen LogP contribution in [0.15, 0.2) is 40.0 Å². The molecule has 1 aliphatic rings. The third-order valence-corrected chi connectivity index (χ3v) is 6.86. The molecule has 1 saturated heterocycles. The predicted octanol–water partition coefficient (Wildman–Crippen LogP) is 1.91. The zero-order chi connectivity index (χ0) is 20.3. The highest BCUT2D eigenvalue weighted by Gasteiger charge is 2.27. The number of hydrogen-bond acceptors (Lipinski definition) is 5. The van der Waals surface area contributed by atoms with Crippen molar-refractivity contribution in [3.8, 4) is 0 Å². The van der Waals surface area contributed by atoms with Crippen LogP contribution in [0.1, 0.15) is 41.7 Å². The van der Waals surface area contributed by atoms with Gasteiger partial charge < -0.3 is 5.32 Å². The summed E-state index contributed by atoms with van der Waals surface area (Å²) in [5, 5.41) is 6.57. The summed E-state index contributed by atoms with van der Waals surface area (Å²) in [6.07, 6.45) is 3.78. The number of anilines is 1. The monoisotopic (exact) mass is 404 g/mol. The molecule has 0 unspecified atom stereocenters. The van der Waals surface area contributed by atoms with Crippen LogP contribution >= 0.6 is 0 Å². The van der Waals surface area contributed by atoms with Gasteiger partial charge in [-0.05, 0) is 43.5 Å². The van der Waals surface area contributed by atoms with Gasteiger partial charge in [-0.25, -0.2) is 13.1 Å². The molecular formula is C19H24N4O4S. The van der Waals surface area contributed by atoms with Gasteiger partial charge in [-0.2, -0.15) is 9.40 Å². The Morgan fingerprint density at radius 2 is 1.75 bits per heavy atom. The Balaban J connectivity index is 1.87. The molecule has 1 amide bonds. The van der Waals surface area contributed by atoms with Crippen LogP contribution in [0, 0.1) is 6.92 Å². The highest BCUT2D eigenvalue weighted by Crippen LogP contribution is 2.26. The number of sulfonamides is 1. The fourth-order valence-corrected chi connectivity index (χ4v) is 4.96. The lowest BCUT2D eigenvalue weighted by Crippen LogP contribution is -2.32. The summed E-state index contributed by atoms with van der Waals surface area (Å²) in [5.74, 6) is -0.516. The van der Waals surface area contributed by atoms with E-state index < -0.39 is 15.9 Å². The van der Waals surface area contributed by atoms with E-state index in [0.29, 0.717) is 24.3 Å². The number of rotatable bonds is 4. The van der Waals surface area contributed by atoms with Crippen LogP contribution in [0.4, 0.5) is 5.69 Å². The number of benzene rings is 1. The smallest absolute Gasteiger partial charge is 0.276 e.